The lowest BCUT2D eigenvalue weighted by Crippen LogP contribution is -2.21. The molecule has 0 spiro atoms. The van der Waals surface area contributed by atoms with Gasteiger partial charge in [-0.25, -0.2) is 4.98 Å². The Bertz CT molecular complexity index is 560. The van der Waals surface area contributed by atoms with E-state index in [0.717, 1.165) is 11.3 Å². The van der Waals surface area contributed by atoms with Crippen LogP contribution in [0.15, 0.2) is 41.3 Å². The van der Waals surface area contributed by atoms with Gasteiger partial charge in [0.05, 0.1) is 6.54 Å². The van der Waals surface area contributed by atoms with Crippen molar-refractivity contribution in [3.8, 4) is 0 Å². The molecule has 0 saturated carbocycles. The number of aromatic nitrogens is 2. The number of nitrogen functional groups attached to an aromatic ring is 1. The number of anilines is 1. The predicted octanol–water partition coefficient (Wildman–Crippen LogP) is 1.18. The summed E-state index contributed by atoms with van der Waals surface area (Å²) in [6, 6.07) is 8.85. The first-order valence-electron chi connectivity index (χ1n) is 5.03. The minimum absolute atomic E-state index is 0.00427. The van der Waals surface area contributed by atoms with Crippen LogP contribution in [0.2, 0.25) is 0 Å². The van der Waals surface area contributed by atoms with Gasteiger partial charge in [-0.3, -0.25) is 4.79 Å². The average Bonchev–Trinajstić information content (AvgIpc) is 2.24. The molecule has 2 aromatic rings. The molecule has 0 fully saturated rings. The molecule has 0 aliphatic rings. The van der Waals surface area contributed by atoms with E-state index < -0.39 is 0 Å². The second kappa shape index (κ2) is 4.18. The Morgan fingerprint density at radius 2 is 2.19 bits per heavy atom. The molecule has 0 amide bonds. The quantitative estimate of drug-likeness (QED) is 0.818. The number of rotatable bonds is 2. The van der Waals surface area contributed by atoms with E-state index in [-0.39, 0.29) is 5.56 Å². The Morgan fingerprint density at radius 1 is 1.38 bits per heavy atom. The highest BCUT2D eigenvalue weighted by atomic mass is 16.1. The van der Waals surface area contributed by atoms with Gasteiger partial charge >= 0.3 is 0 Å². The largest absolute Gasteiger partial charge is 0.384 e. The Morgan fingerprint density at radius 3 is 2.88 bits per heavy atom. The standard InChI is InChI=1S/C12H13N3O/c1-9-3-2-4-12(16)15(9)8-10-5-6-14-11(13)7-10/h2-7H,8H2,1H3,(H2,13,14). The predicted molar refractivity (Wildman–Crippen MR) is 63.2 cm³/mol. The third-order valence-corrected chi connectivity index (χ3v) is 2.45. The molecule has 82 valence electrons. The van der Waals surface area contributed by atoms with Crippen LogP contribution in [-0.4, -0.2) is 9.55 Å². The summed E-state index contributed by atoms with van der Waals surface area (Å²) < 4.78 is 1.70. The second-order valence-electron chi connectivity index (χ2n) is 3.68. The van der Waals surface area contributed by atoms with Crippen molar-refractivity contribution in [3.63, 3.8) is 0 Å². The van der Waals surface area contributed by atoms with Crippen LogP contribution in [0.25, 0.3) is 0 Å². The molecule has 2 aromatic heterocycles. The monoisotopic (exact) mass is 215 g/mol. The van der Waals surface area contributed by atoms with Gasteiger partial charge in [0, 0.05) is 18.0 Å². The van der Waals surface area contributed by atoms with Gasteiger partial charge < -0.3 is 10.3 Å². The summed E-state index contributed by atoms with van der Waals surface area (Å²) in [6.45, 7) is 2.43. The summed E-state index contributed by atoms with van der Waals surface area (Å²) in [6.07, 6.45) is 1.65. The maximum absolute atomic E-state index is 11.6. The number of pyridine rings is 2. The topological polar surface area (TPSA) is 60.9 Å². The van der Waals surface area contributed by atoms with Crippen molar-refractivity contribution < 1.29 is 0 Å². The first kappa shape index (κ1) is 10.4. The third-order valence-electron chi connectivity index (χ3n) is 2.45. The SMILES string of the molecule is Cc1cccc(=O)n1Cc1ccnc(N)c1. The molecule has 4 nitrogen and oxygen atoms in total. The molecule has 0 bridgehead atoms. The van der Waals surface area contributed by atoms with E-state index >= 15 is 0 Å². The van der Waals surface area contributed by atoms with E-state index in [1.54, 1.807) is 29.0 Å². The van der Waals surface area contributed by atoms with Crippen LogP contribution in [0.3, 0.4) is 0 Å². The second-order valence-corrected chi connectivity index (χ2v) is 3.68. The highest BCUT2D eigenvalue weighted by molar-refractivity contribution is 5.32. The Hall–Kier alpha value is -2.10. The van der Waals surface area contributed by atoms with Crippen molar-refractivity contribution in [2.24, 2.45) is 0 Å². The van der Waals surface area contributed by atoms with Crippen molar-refractivity contribution in [2.45, 2.75) is 13.5 Å². The van der Waals surface area contributed by atoms with Gasteiger partial charge in [0.2, 0.25) is 0 Å². The maximum Gasteiger partial charge on any atom is 0.251 e. The van der Waals surface area contributed by atoms with Gasteiger partial charge in [-0.05, 0) is 30.7 Å². The molecule has 2 N–H and O–H groups in total. The minimum Gasteiger partial charge on any atom is -0.384 e. The van der Waals surface area contributed by atoms with E-state index in [4.69, 9.17) is 5.73 Å². The zero-order valence-electron chi connectivity index (χ0n) is 9.05. The molecular formula is C12H13N3O. The Balaban J connectivity index is 2.38. The molecule has 0 aliphatic carbocycles. The average molecular weight is 215 g/mol. The van der Waals surface area contributed by atoms with Crippen LogP contribution >= 0.6 is 0 Å². The number of hydrogen-bond donors (Lipinski definition) is 1. The molecular weight excluding hydrogens is 202 g/mol. The van der Waals surface area contributed by atoms with Gasteiger partial charge in [0.25, 0.3) is 5.56 Å². The molecule has 0 unspecified atom stereocenters. The van der Waals surface area contributed by atoms with Crippen LogP contribution in [0.1, 0.15) is 11.3 Å². The number of nitrogens with zero attached hydrogens (tertiary/aromatic N) is 2. The van der Waals surface area contributed by atoms with Gasteiger partial charge in [-0.2, -0.15) is 0 Å². The van der Waals surface area contributed by atoms with Crippen molar-refractivity contribution in [3.05, 3.63) is 58.1 Å². The molecule has 0 atom stereocenters. The smallest absolute Gasteiger partial charge is 0.251 e. The highest BCUT2D eigenvalue weighted by Crippen LogP contribution is 2.05. The van der Waals surface area contributed by atoms with Gasteiger partial charge in [-0.1, -0.05) is 6.07 Å². The minimum atomic E-state index is -0.00427. The number of hydrogen-bond acceptors (Lipinski definition) is 3. The first-order chi connectivity index (χ1) is 7.66. The highest BCUT2D eigenvalue weighted by Gasteiger charge is 2.01. The first-order valence-corrected chi connectivity index (χ1v) is 5.03. The lowest BCUT2D eigenvalue weighted by Gasteiger charge is -2.09. The summed E-state index contributed by atoms with van der Waals surface area (Å²) in [5.41, 5.74) is 7.49. The van der Waals surface area contributed by atoms with E-state index in [1.807, 2.05) is 19.1 Å². The molecule has 0 aromatic carbocycles. The maximum atomic E-state index is 11.6. The van der Waals surface area contributed by atoms with Crippen molar-refractivity contribution in [1.29, 1.82) is 0 Å². The zero-order valence-corrected chi connectivity index (χ0v) is 9.05. The van der Waals surface area contributed by atoms with Gasteiger partial charge in [0.1, 0.15) is 5.82 Å². The van der Waals surface area contributed by atoms with Crippen LogP contribution in [0, 0.1) is 6.92 Å². The number of nitrogens with two attached hydrogens (primary N) is 1. The van der Waals surface area contributed by atoms with E-state index in [2.05, 4.69) is 4.98 Å². The van der Waals surface area contributed by atoms with Crippen molar-refractivity contribution in [2.75, 3.05) is 5.73 Å². The lowest BCUT2D eigenvalue weighted by molar-refractivity contribution is 0.729. The summed E-state index contributed by atoms with van der Waals surface area (Å²) in [5, 5.41) is 0. The van der Waals surface area contributed by atoms with Crippen LogP contribution < -0.4 is 11.3 Å². The Kier molecular flexibility index (Phi) is 2.72. The Labute approximate surface area is 93.4 Å². The van der Waals surface area contributed by atoms with Crippen LogP contribution in [-0.2, 0) is 6.54 Å². The lowest BCUT2D eigenvalue weighted by atomic mass is 10.2. The van der Waals surface area contributed by atoms with Gasteiger partial charge in [0.15, 0.2) is 0 Å². The third kappa shape index (κ3) is 2.11. The summed E-state index contributed by atoms with van der Waals surface area (Å²) >= 11 is 0. The molecule has 16 heavy (non-hydrogen) atoms. The summed E-state index contributed by atoms with van der Waals surface area (Å²) in [5.74, 6) is 0.471. The molecule has 0 radical (unpaired) electrons. The normalized spacial score (nSPS) is 10.3. The van der Waals surface area contributed by atoms with E-state index in [1.165, 1.54) is 0 Å². The van der Waals surface area contributed by atoms with Crippen LogP contribution in [0.5, 0.6) is 0 Å². The molecule has 0 aliphatic heterocycles. The zero-order chi connectivity index (χ0) is 11.5. The molecule has 2 rings (SSSR count). The van der Waals surface area contributed by atoms with Crippen LogP contribution in [0.4, 0.5) is 5.82 Å². The van der Waals surface area contributed by atoms with Crippen molar-refractivity contribution in [1.82, 2.24) is 9.55 Å². The van der Waals surface area contributed by atoms with Crippen molar-refractivity contribution >= 4 is 5.82 Å². The fourth-order valence-corrected chi connectivity index (χ4v) is 1.60. The fraction of sp³-hybridized carbons (Fsp3) is 0.167. The summed E-state index contributed by atoms with van der Waals surface area (Å²) in [4.78, 5) is 15.6. The summed E-state index contributed by atoms with van der Waals surface area (Å²) in [7, 11) is 0. The number of aryl methyl sites for hydroxylation is 1. The molecule has 0 saturated heterocycles. The van der Waals surface area contributed by atoms with E-state index in [9.17, 15) is 4.79 Å². The van der Waals surface area contributed by atoms with E-state index in [0.29, 0.717) is 12.4 Å². The van der Waals surface area contributed by atoms with Gasteiger partial charge in [-0.15, -0.1) is 0 Å². The molecule has 2 heterocycles. The molecule has 4 heteroatoms. The fourth-order valence-electron chi connectivity index (χ4n) is 1.60.